The lowest BCUT2D eigenvalue weighted by Crippen LogP contribution is -2.52. The standard InChI is InChI=1S/C29H40N2O4/c1-6-18-17-31-26(24-16-28(34-4)27(33-3)13-21(24)14-29(31)35-5)12-20(18)11-25-23-15-22(32-2)8-7-19(23)9-10-30-25/h7-8,13,15-16,18,20,25-26,29-30H,6,9-12,14,17H2,1-5H3/t18-,20-,25+,26-,29?/m0/s1. The van der Waals surface area contributed by atoms with Gasteiger partial charge in [-0.1, -0.05) is 19.4 Å². The minimum absolute atomic E-state index is 0.0957. The minimum Gasteiger partial charge on any atom is -0.497 e. The van der Waals surface area contributed by atoms with Crippen LogP contribution in [0.3, 0.4) is 0 Å². The summed E-state index contributed by atoms with van der Waals surface area (Å²) in [5, 5.41) is 3.83. The second-order valence-corrected chi connectivity index (χ2v) is 10.2. The van der Waals surface area contributed by atoms with E-state index in [1.54, 1.807) is 21.3 Å². The summed E-state index contributed by atoms with van der Waals surface area (Å²) in [6, 6.07) is 11.7. The Hall–Kier alpha value is -2.28. The van der Waals surface area contributed by atoms with Crippen LogP contribution in [0.1, 0.15) is 60.5 Å². The van der Waals surface area contributed by atoms with Crippen LogP contribution in [0.2, 0.25) is 0 Å². The first kappa shape index (κ1) is 24.4. The molecule has 1 saturated heterocycles. The van der Waals surface area contributed by atoms with Crippen molar-refractivity contribution in [1.29, 1.82) is 0 Å². The summed E-state index contributed by atoms with van der Waals surface area (Å²) in [6.45, 7) is 4.45. The summed E-state index contributed by atoms with van der Waals surface area (Å²) < 4.78 is 22.9. The summed E-state index contributed by atoms with van der Waals surface area (Å²) in [5.41, 5.74) is 5.56. The monoisotopic (exact) mass is 480 g/mol. The van der Waals surface area contributed by atoms with Gasteiger partial charge in [0.15, 0.2) is 11.5 Å². The van der Waals surface area contributed by atoms with Gasteiger partial charge in [0.1, 0.15) is 12.0 Å². The van der Waals surface area contributed by atoms with Crippen molar-refractivity contribution in [2.75, 3.05) is 41.5 Å². The van der Waals surface area contributed by atoms with Crippen molar-refractivity contribution in [2.45, 2.75) is 57.3 Å². The maximum Gasteiger partial charge on any atom is 0.161 e. The molecule has 3 aliphatic heterocycles. The first-order chi connectivity index (χ1) is 17.1. The number of hydrogen-bond donors (Lipinski definition) is 1. The molecule has 0 bridgehead atoms. The van der Waals surface area contributed by atoms with Crippen LogP contribution in [0.25, 0.3) is 0 Å². The van der Waals surface area contributed by atoms with Gasteiger partial charge in [-0.2, -0.15) is 0 Å². The normalized spacial score (nSPS) is 28.0. The molecule has 2 aromatic rings. The highest BCUT2D eigenvalue weighted by Crippen LogP contribution is 2.49. The van der Waals surface area contributed by atoms with Crippen molar-refractivity contribution in [3.63, 3.8) is 0 Å². The first-order valence-corrected chi connectivity index (χ1v) is 13.0. The molecule has 0 aromatic heterocycles. The number of methoxy groups -OCH3 is 4. The van der Waals surface area contributed by atoms with E-state index >= 15 is 0 Å². The van der Waals surface area contributed by atoms with Crippen molar-refractivity contribution < 1.29 is 18.9 Å². The summed E-state index contributed by atoms with van der Waals surface area (Å²) in [6.07, 6.45) is 5.50. The zero-order chi connectivity index (χ0) is 24.5. The van der Waals surface area contributed by atoms with Gasteiger partial charge >= 0.3 is 0 Å². The Morgan fingerprint density at radius 3 is 2.43 bits per heavy atom. The number of ether oxygens (including phenoxy) is 4. The SMILES string of the molecule is CC[C@H]1CN2C(OC)Cc3cc(OC)c(OC)cc3[C@@H]2C[C@@H]1C[C@H]1NCCc2ccc(OC)cc21. The molecule has 2 aromatic carbocycles. The van der Waals surface area contributed by atoms with Crippen LogP contribution >= 0.6 is 0 Å². The second kappa shape index (κ2) is 10.4. The minimum atomic E-state index is 0.0957. The third kappa shape index (κ3) is 4.52. The molecule has 6 nitrogen and oxygen atoms in total. The molecule has 0 radical (unpaired) electrons. The fourth-order valence-electron chi connectivity index (χ4n) is 6.74. The van der Waals surface area contributed by atoms with Gasteiger partial charge in [-0.25, -0.2) is 0 Å². The van der Waals surface area contributed by atoms with Crippen molar-refractivity contribution in [2.24, 2.45) is 11.8 Å². The Morgan fingerprint density at radius 1 is 0.914 bits per heavy atom. The van der Waals surface area contributed by atoms with Crippen LogP contribution in [0.4, 0.5) is 0 Å². The zero-order valence-electron chi connectivity index (χ0n) is 21.8. The quantitative estimate of drug-likeness (QED) is 0.608. The first-order valence-electron chi connectivity index (χ1n) is 13.0. The third-order valence-corrected chi connectivity index (χ3v) is 8.66. The third-order valence-electron chi connectivity index (χ3n) is 8.66. The molecule has 35 heavy (non-hydrogen) atoms. The molecule has 0 aliphatic carbocycles. The van der Waals surface area contributed by atoms with Crippen LogP contribution in [-0.4, -0.2) is 52.7 Å². The topological polar surface area (TPSA) is 52.2 Å². The number of benzene rings is 2. The summed E-state index contributed by atoms with van der Waals surface area (Å²) in [7, 11) is 7.03. The Bertz CT molecular complexity index is 1040. The molecule has 5 atom stereocenters. The molecule has 5 rings (SSSR count). The van der Waals surface area contributed by atoms with Crippen LogP contribution < -0.4 is 19.5 Å². The number of fused-ring (bicyclic) bond motifs is 4. The highest BCUT2D eigenvalue weighted by Gasteiger charge is 2.43. The molecular weight excluding hydrogens is 440 g/mol. The van der Waals surface area contributed by atoms with E-state index in [-0.39, 0.29) is 6.23 Å². The largest absolute Gasteiger partial charge is 0.497 e. The average molecular weight is 481 g/mol. The van der Waals surface area contributed by atoms with Crippen molar-refractivity contribution in [1.82, 2.24) is 10.2 Å². The van der Waals surface area contributed by atoms with Crippen LogP contribution in [0.15, 0.2) is 30.3 Å². The van der Waals surface area contributed by atoms with E-state index in [0.29, 0.717) is 23.9 Å². The molecule has 0 spiro atoms. The maximum absolute atomic E-state index is 6.03. The molecule has 1 unspecified atom stereocenters. The van der Waals surface area contributed by atoms with E-state index in [9.17, 15) is 0 Å². The Kier molecular flexibility index (Phi) is 7.24. The summed E-state index contributed by atoms with van der Waals surface area (Å²) in [5.74, 6) is 3.82. The molecule has 190 valence electrons. The van der Waals surface area contributed by atoms with E-state index in [0.717, 1.165) is 56.0 Å². The van der Waals surface area contributed by atoms with Gasteiger partial charge in [-0.3, -0.25) is 4.90 Å². The van der Waals surface area contributed by atoms with E-state index < -0.39 is 0 Å². The fraction of sp³-hybridized carbons (Fsp3) is 0.586. The van der Waals surface area contributed by atoms with Crippen molar-refractivity contribution >= 4 is 0 Å². The Morgan fingerprint density at radius 2 is 1.71 bits per heavy atom. The number of piperidine rings is 1. The lowest BCUT2D eigenvalue weighted by Gasteiger charge is -2.51. The van der Waals surface area contributed by atoms with Crippen LogP contribution in [-0.2, 0) is 17.6 Å². The fourth-order valence-corrected chi connectivity index (χ4v) is 6.74. The van der Waals surface area contributed by atoms with Crippen LogP contribution in [0.5, 0.6) is 17.2 Å². The van der Waals surface area contributed by atoms with Gasteiger partial charge in [0.05, 0.1) is 21.3 Å². The lowest BCUT2D eigenvalue weighted by molar-refractivity contribution is -0.102. The van der Waals surface area contributed by atoms with Gasteiger partial charge in [-0.05, 0) is 84.2 Å². The summed E-state index contributed by atoms with van der Waals surface area (Å²) >= 11 is 0. The lowest BCUT2D eigenvalue weighted by atomic mass is 9.72. The Balaban J connectivity index is 1.46. The van der Waals surface area contributed by atoms with E-state index in [1.165, 1.54) is 28.7 Å². The highest BCUT2D eigenvalue weighted by atomic mass is 16.5. The van der Waals surface area contributed by atoms with Gasteiger partial charge in [0.25, 0.3) is 0 Å². The smallest absolute Gasteiger partial charge is 0.161 e. The molecular formula is C29H40N2O4. The predicted octanol–water partition coefficient (Wildman–Crippen LogP) is 4.91. The molecule has 1 fully saturated rings. The molecule has 0 saturated carbocycles. The number of rotatable bonds is 7. The molecule has 3 aliphatic rings. The average Bonchev–Trinajstić information content (AvgIpc) is 2.91. The van der Waals surface area contributed by atoms with E-state index in [2.05, 4.69) is 47.5 Å². The van der Waals surface area contributed by atoms with E-state index in [4.69, 9.17) is 18.9 Å². The van der Waals surface area contributed by atoms with Crippen molar-refractivity contribution in [3.8, 4) is 17.2 Å². The molecule has 3 heterocycles. The molecule has 6 heteroatoms. The second-order valence-electron chi connectivity index (χ2n) is 10.2. The van der Waals surface area contributed by atoms with Gasteiger partial charge < -0.3 is 24.3 Å². The zero-order valence-corrected chi connectivity index (χ0v) is 21.8. The highest BCUT2D eigenvalue weighted by molar-refractivity contribution is 5.50. The molecule has 1 N–H and O–H groups in total. The molecule has 0 amide bonds. The van der Waals surface area contributed by atoms with Crippen molar-refractivity contribution in [3.05, 3.63) is 52.6 Å². The van der Waals surface area contributed by atoms with Gasteiger partial charge in [0.2, 0.25) is 0 Å². The number of nitrogens with one attached hydrogen (secondary N) is 1. The number of hydrogen-bond acceptors (Lipinski definition) is 6. The van der Waals surface area contributed by atoms with Crippen LogP contribution in [0, 0.1) is 11.8 Å². The van der Waals surface area contributed by atoms with Gasteiger partial charge in [-0.15, -0.1) is 0 Å². The predicted molar refractivity (Wildman–Crippen MR) is 137 cm³/mol. The number of nitrogens with zero attached hydrogens (tertiary/aromatic N) is 1. The van der Waals surface area contributed by atoms with E-state index in [1.807, 2.05) is 7.11 Å². The summed E-state index contributed by atoms with van der Waals surface area (Å²) in [4.78, 5) is 2.60. The maximum atomic E-state index is 6.03. The Labute approximate surface area is 209 Å². The van der Waals surface area contributed by atoms with Gasteiger partial charge in [0, 0.05) is 32.2 Å².